The van der Waals surface area contributed by atoms with Crippen LogP contribution in [0.1, 0.15) is 132 Å². The van der Waals surface area contributed by atoms with E-state index >= 15 is 0 Å². The largest absolute Gasteiger partial charge is 0.451 e. The summed E-state index contributed by atoms with van der Waals surface area (Å²) in [5.74, 6) is 1.98. The van der Waals surface area contributed by atoms with Gasteiger partial charge in [-0.25, -0.2) is 12.7 Å². The molecule has 9 nitrogen and oxygen atoms in total. The van der Waals surface area contributed by atoms with Crippen LogP contribution in [0.25, 0.3) is 0 Å². The molecule has 1 heterocycles. The molecule has 1 aliphatic heterocycles. The number of rotatable bonds is 11. The van der Waals surface area contributed by atoms with Gasteiger partial charge in [-0.1, -0.05) is 87.5 Å². The molecule has 11 heteroatoms. The van der Waals surface area contributed by atoms with Gasteiger partial charge < -0.3 is 19.7 Å². The fourth-order valence-electron chi connectivity index (χ4n) is 2.99. The number of sulfonamides is 1. The van der Waals surface area contributed by atoms with Crippen LogP contribution >= 0.6 is 0 Å². The van der Waals surface area contributed by atoms with Gasteiger partial charge in [0, 0.05) is 52.4 Å². The van der Waals surface area contributed by atoms with Crippen LogP contribution in [0, 0.1) is 11.8 Å². The molecule has 42 heavy (non-hydrogen) atoms. The normalized spacial score (nSPS) is 13.7. The van der Waals surface area contributed by atoms with Crippen molar-refractivity contribution in [2.45, 2.75) is 139 Å². The molecule has 1 aliphatic carbocycles. The van der Waals surface area contributed by atoms with E-state index in [1.54, 1.807) is 0 Å². The van der Waals surface area contributed by atoms with Crippen LogP contribution in [0.5, 0.6) is 0 Å². The lowest BCUT2D eigenvalue weighted by molar-refractivity contribution is -0.132. The molecule has 252 valence electrons. The number of ketones is 1. The molecule has 2 N–H and O–H groups in total. The van der Waals surface area contributed by atoms with E-state index in [9.17, 15) is 22.8 Å². The summed E-state index contributed by atoms with van der Waals surface area (Å²) < 4.78 is 23.6. The summed E-state index contributed by atoms with van der Waals surface area (Å²) in [5.41, 5.74) is 0. The first-order chi connectivity index (χ1) is 19.5. The number of aldehydes is 1. The summed E-state index contributed by atoms with van der Waals surface area (Å²) in [5, 5.41) is 16.2. The van der Waals surface area contributed by atoms with Gasteiger partial charge in [0.1, 0.15) is 12.1 Å². The molecular weight excluding hydrogens is 555 g/mol. The highest BCUT2D eigenvalue weighted by molar-refractivity contribution is 7.88. The lowest BCUT2D eigenvalue weighted by Gasteiger charge is -2.18. The zero-order valence-electron chi connectivity index (χ0n) is 28.9. The fourth-order valence-corrected chi connectivity index (χ4v) is 3.45. The van der Waals surface area contributed by atoms with Gasteiger partial charge in [0.15, 0.2) is 0 Å². The van der Waals surface area contributed by atoms with E-state index in [1.165, 1.54) is 43.5 Å². The second kappa shape index (κ2) is 32.6. The molecule has 0 aromatic rings. The number of hydrogen-bond donors (Lipinski definition) is 2. The van der Waals surface area contributed by atoms with Gasteiger partial charge in [-0.3, -0.25) is 9.59 Å². The highest BCUT2D eigenvalue weighted by Crippen LogP contribution is 2.24. The highest BCUT2D eigenvalue weighted by Gasteiger charge is 2.18. The van der Waals surface area contributed by atoms with E-state index in [0.29, 0.717) is 25.7 Å². The maximum atomic E-state index is 11.7. The van der Waals surface area contributed by atoms with E-state index in [-0.39, 0.29) is 37.3 Å². The molecule has 1 amide bonds. The van der Waals surface area contributed by atoms with Crippen molar-refractivity contribution in [1.82, 2.24) is 9.21 Å². The average molecular weight is 623 g/mol. The summed E-state index contributed by atoms with van der Waals surface area (Å²) in [7, 11) is -3.01. The monoisotopic (exact) mass is 622 g/mol. The first-order valence-corrected chi connectivity index (χ1v) is 17.9. The lowest BCUT2D eigenvalue weighted by Crippen LogP contribution is -2.28. The SMILES string of the molecule is CC(C)C.CC1CCC1.CCC.CCC.CN(CCCC(=O)CCC(=O)N1CCCC1)S(C)(=O)=O.O=CCCB(O)O. The van der Waals surface area contributed by atoms with Crippen molar-refractivity contribution in [2.75, 3.05) is 32.9 Å². The number of carbonyl (C=O) groups excluding carboxylic acids is 3. The van der Waals surface area contributed by atoms with Crippen molar-refractivity contribution >= 4 is 35.1 Å². The van der Waals surface area contributed by atoms with Crippen molar-refractivity contribution in [2.24, 2.45) is 11.8 Å². The number of nitrogens with zero attached hydrogens (tertiary/aromatic N) is 2. The predicted octanol–water partition coefficient (Wildman–Crippen LogP) is 5.98. The Morgan fingerprint density at radius 1 is 0.952 bits per heavy atom. The summed E-state index contributed by atoms with van der Waals surface area (Å²) in [4.78, 5) is 34.7. The van der Waals surface area contributed by atoms with Crippen LogP contribution in [0.15, 0.2) is 0 Å². The van der Waals surface area contributed by atoms with Gasteiger partial charge in [-0.05, 0) is 37.4 Å². The van der Waals surface area contributed by atoms with Crippen LogP contribution in [0.4, 0.5) is 0 Å². The number of hydrogen-bond acceptors (Lipinski definition) is 7. The number of likely N-dealkylation sites (tertiary alicyclic amines) is 1. The quantitative estimate of drug-likeness (QED) is 0.214. The van der Waals surface area contributed by atoms with Crippen LogP contribution in [-0.2, 0) is 24.4 Å². The van der Waals surface area contributed by atoms with Gasteiger partial charge in [0.05, 0.1) is 6.26 Å². The third-order valence-electron chi connectivity index (χ3n) is 5.51. The molecule has 0 atom stereocenters. The maximum Gasteiger partial charge on any atom is 0.451 e. The van der Waals surface area contributed by atoms with Crippen molar-refractivity contribution in [1.29, 1.82) is 0 Å². The molecule has 0 unspecified atom stereocenters. The van der Waals surface area contributed by atoms with Crippen molar-refractivity contribution in [3.8, 4) is 0 Å². The fraction of sp³-hybridized carbons (Fsp3) is 0.903. The Bertz CT molecular complexity index is 720. The Kier molecular flexibility index (Phi) is 37.0. The lowest BCUT2D eigenvalue weighted by atomic mass is 9.85. The van der Waals surface area contributed by atoms with Gasteiger partial charge in [-0.15, -0.1) is 0 Å². The summed E-state index contributed by atoms with van der Waals surface area (Å²) in [6.07, 6.45) is 12.6. The first-order valence-electron chi connectivity index (χ1n) is 16.0. The van der Waals surface area contributed by atoms with E-state index in [0.717, 1.165) is 44.0 Å². The zero-order chi connectivity index (χ0) is 33.6. The number of Topliss-reactive ketones (excluding diaryl/α,β-unsaturated/α-hetero) is 1. The van der Waals surface area contributed by atoms with Crippen molar-refractivity contribution in [3.63, 3.8) is 0 Å². The molecule has 0 radical (unpaired) electrons. The van der Waals surface area contributed by atoms with Crippen LogP contribution in [-0.4, -0.2) is 85.7 Å². The molecule has 2 rings (SSSR count). The van der Waals surface area contributed by atoms with Gasteiger partial charge >= 0.3 is 7.12 Å². The maximum absolute atomic E-state index is 11.7. The minimum Gasteiger partial charge on any atom is -0.427 e. The second-order valence-corrected chi connectivity index (χ2v) is 13.8. The van der Waals surface area contributed by atoms with E-state index in [4.69, 9.17) is 10.0 Å². The topological polar surface area (TPSA) is 132 Å². The minimum atomic E-state index is -3.18. The van der Waals surface area contributed by atoms with Crippen LogP contribution in [0.2, 0.25) is 6.32 Å². The van der Waals surface area contributed by atoms with E-state index in [2.05, 4.69) is 55.4 Å². The van der Waals surface area contributed by atoms with Gasteiger partial charge in [0.25, 0.3) is 0 Å². The first kappa shape index (κ1) is 47.6. The van der Waals surface area contributed by atoms with Gasteiger partial charge in [0.2, 0.25) is 15.9 Å². The van der Waals surface area contributed by atoms with Crippen molar-refractivity contribution < 1.29 is 32.8 Å². The molecule has 2 fully saturated rings. The molecule has 0 aromatic heterocycles. The Hall–Kier alpha value is -1.30. The van der Waals surface area contributed by atoms with E-state index < -0.39 is 17.1 Å². The number of carbonyl (C=O) groups is 3. The van der Waals surface area contributed by atoms with Crippen LogP contribution in [0.3, 0.4) is 0 Å². The summed E-state index contributed by atoms with van der Waals surface area (Å²) >= 11 is 0. The smallest absolute Gasteiger partial charge is 0.427 e. The van der Waals surface area contributed by atoms with Gasteiger partial charge in [-0.2, -0.15) is 0 Å². The second-order valence-electron chi connectivity index (χ2n) is 11.7. The third kappa shape index (κ3) is 40.8. The predicted molar refractivity (Wildman–Crippen MR) is 178 cm³/mol. The minimum absolute atomic E-state index is 0.0273. The Balaban J connectivity index is -0.000000265. The molecule has 0 bridgehead atoms. The molecule has 0 aromatic carbocycles. The Morgan fingerprint density at radius 3 is 1.67 bits per heavy atom. The Labute approximate surface area is 260 Å². The Morgan fingerprint density at radius 2 is 1.38 bits per heavy atom. The third-order valence-corrected chi connectivity index (χ3v) is 6.82. The molecular formula is C31H67BN2O7S. The highest BCUT2D eigenvalue weighted by atomic mass is 32.2. The van der Waals surface area contributed by atoms with E-state index in [1.807, 2.05) is 4.90 Å². The molecule has 2 aliphatic rings. The molecule has 1 saturated heterocycles. The summed E-state index contributed by atoms with van der Waals surface area (Å²) in [6, 6.07) is 0. The number of amides is 1. The zero-order valence-corrected chi connectivity index (χ0v) is 29.7. The molecule has 1 saturated carbocycles. The van der Waals surface area contributed by atoms with Crippen LogP contribution < -0.4 is 0 Å². The average Bonchev–Trinajstić information content (AvgIpc) is 3.41. The molecule has 0 spiro atoms. The standard InChI is InChI=1S/C13H24N2O4S.C5H10.C4H10.C3H7BO3.2C3H8/c1-14(20(2,18)19)9-5-6-12(16)7-8-13(17)15-10-3-4-11-15;1-5-3-2-4-5;1-4(2)3;5-3-1-2-4(6)7;2*1-3-2/h3-11H2,1-2H3;5H,2-4H2,1H3;4H,1-3H3;3,6-7H,1-2H2;2*3H2,1-2H3. The summed E-state index contributed by atoms with van der Waals surface area (Å²) in [6.45, 7) is 19.3. The van der Waals surface area contributed by atoms with Crippen molar-refractivity contribution in [3.05, 3.63) is 0 Å².